The van der Waals surface area contributed by atoms with Gasteiger partial charge in [0.2, 0.25) is 5.91 Å². The molecule has 0 heterocycles. The average molecular weight is 978 g/mol. The number of phosphoric ester groups is 1. The van der Waals surface area contributed by atoms with Crippen LogP contribution in [-0.4, -0.2) is 74.3 Å². The Morgan fingerprint density at radius 3 is 1.38 bits per heavy atom. The monoisotopic (exact) mass is 978 g/mol. The molecule has 0 aromatic rings. The Morgan fingerprint density at radius 2 is 0.897 bits per heavy atom. The first-order valence-electron chi connectivity index (χ1n) is 28.5. The molecule has 10 heteroatoms. The van der Waals surface area contributed by atoms with Gasteiger partial charge in [-0.3, -0.25) is 18.6 Å². The SMILES string of the molecule is CCCCC/C=C\C/C=C\CCCCCCCCCC(=O)NC(COP(=O)(O)OCC[N+](C)(C)C)C(/C=C/CCCCCCCCCCC)OC(=O)CCCCC/C=C\CCCCCCCCC. The third-order valence-electron chi connectivity index (χ3n) is 12.5. The summed E-state index contributed by atoms with van der Waals surface area (Å²) in [6.07, 6.45) is 58.1. The van der Waals surface area contributed by atoms with Crippen LogP contribution in [0.3, 0.4) is 0 Å². The van der Waals surface area contributed by atoms with Crippen molar-refractivity contribution in [3.8, 4) is 0 Å². The molecule has 0 aliphatic heterocycles. The lowest BCUT2D eigenvalue weighted by atomic mass is 10.1. The maximum absolute atomic E-state index is 13.5. The minimum atomic E-state index is -4.45. The number of carbonyl (C=O) groups excluding carboxylic acids is 2. The Morgan fingerprint density at radius 1 is 0.515 bits per heavy atom. The Labute approximate surface area is 420 Å². The molecule has 0 aliphatic carbocycles. The zero-order valence-electron chi connectivity index (χ0n) is 45.3. The number of rotatable bonds is 51. The van der Waals surface area contributed by atoms with E-state index in [9.17, 15) is 19.0 Å². The number of nitrogens with zero attached hydrogens (tertiary/aromatic N) is 1. The highest BCUT2D eigenvalue weighted by atomic mass is 31.2. The van der Waals surface area contributed by atoms with Crippen LogP contribution in [0.1, 0.15) is 258 Å². The van der Waals surface area contributed by atoms with Crippen LogP contribution in [0, 0.1) is 0 Å². The maximum atomic E-state index is 13.5. The number of unbranched alkanes of at least 4 members (excludes halogenated alkanes) is 29. The molecule has 398 valence electrons. The lowest BCUT2D eigenvalue weighted by molar-refractivity contribution is -0.870. The molecule has 2 N–H and O–H groups in total. The summed E-state index contributed by atoms with van der Waals surface area (Å²) in [4.78, 5) is 37.5. The summed E-state index contributed by atoms with van der Waals surface area (Å²) in [5.74, 6) is -0.530. The Kier molecular flexibility index (Phi) is 47.1. The second kappa shape index (κ2) is 48.6. The summed E-state index contributed by atoms with van der Waals surface area (Å²) in [5.41, 5.74) is 0. The molecule has 0 aromatic carbocycles. The van der Waals surface area contributed by atoms with Gasteiger partial charge in [0.05, 0.1) is 33.8 Å². The van der Waals surface area contributed by atoms with Crippen molar-refractivity contribution in [3.05, 3.63) is 48.6 Å². The predicted octanol–water partition coefficient (Wildman–Crippen LogP) is 16.9. The number of ether oxygens (including phenoxy) is 1. The fraction of sp³-hybridized carbons (Fsp3) is 0.828. The topological polar surface area (TPSA) is 111 Å². The Balaban J connectivity index is 5.35. The number of phosphoric acid groups is 1. The molecule has 0 bridgehead atoms. The second-order valence-corrected chi connectivity index (χ2v) is 21.9. The number of nitrogens with one attached hydrogen (secondary N) is 1. The standard InChI is InChI=1S/C58H109N2O7P/c1-7-10-13-16-19-22-25-27-29-30-31-32-35-38-41-44-47-50-57(61)59-55(54-66-68(63,64)65-53-52-60(4,5)6)56(49-46-43-40-37-34-24-21-18-15-12-9-3)67-58(62)51-48-45-42-39-36-33-28-26-23-20-17-14-11-8-2/h19,22,27,29,33,36,46,49,55-56H,7-18,20-21,23-26,28,30-32,34-35,37-45,47-48,50-54H2,1-6H3,(H-,59,61,63,64)/p+1/b22-19-,29-27-,36-33-,49-46+. The molecule has 0 radical (unpaired) electrons. The van der Waals surface area contributed by atoms with Crippen LogP contribution in [0.5, 0.6) is 0 Å². The van der Waals surface area contributed by atoms with E-state index in [2.05, 4.69) is 62.5 Å². The van der Waals surface area contributed by atoms with Crippen LogP contribution in [0.4, 0.5) is 0 Å². The summed E-state index contributed by atoms with van der Waals surface area (Å²) < 4.78 is 30.6. The molecule has 1 amide bonds. The first-order valence-corrected chi connectivity index (χ1v) is 30.0. The highest BCUT2D eigenvalue weighted by molar-refractivity contribution is 7.47. The summed E-state index contributed by atoms with van der Waals surface area (Å²) in [5, 5.41) is 3.04. The summed E-state index contributed by atoms with van der Waals surface area (Å²) in [6, 6.07) is -0.856. The van der Waals surface area contributed by atoms with Crippen LogP contribution in [0.15, 0.2) is 48.6 Å². The molecule has 3 atom stereocenters. The molecule has 0 saturated carbocycles. The Hall–Kier alpha value is -2.03. The Bertz CT molecular complexity index is 1310. The van der Waals surface area contributed by atoms with Gasteiger partial charge in [-0.1, -0.05) is 205 Å². The largest absolute Gasteiger partial charge is 0.472 e. The average Bonchev–Trinajstić information content (AvgIpc) is 3.29. The number of carbonyl (C=O) groups is 2. The van der Waals surface area contributed by atoms with E-state index < -0.39 is 20.0 Å². The maximum Gasteiger partial charge on any atom is 0.472 e. The predicted molar refractivity (Wildman–Crippen MR) is 291 cm³/mol. The molecular weight excluding hydrogens is 868 g/mol. The first kappa shape index (κ1) is 66.0. The van der Waals surface area contributed by atoms with E-state index in [-0.39, 0.29) is 31.5 Å². The molecule has 68 heavy (non-hydrogen) atoms. The van der Waals surface area contributed by atoms with Gasteiger partial charge in [-0.25, -0.2) is 4.57 Å². The van der Waals surface area contributed by atoms with E-state index in [1.54, 1.807) is 0 Å². The van der Waals surface area contributed by atoms with Crippen molar-refractivity contribution < 1.29 is 37.3 Å². The summed E-state index contributed by atoms with van der Waals surface area (Å²) >= 11 is 0. The lowest BCUT2D eigenvalue weighted by Gasteiger charge is -2.27. The molecule has 0 saturated heterocycles. The molecule has 0 aromatic heterocycles. The number of allylic oxidation sites excluding steroid dienone is 7. The highest BCUT2D eigenvalue weighted by Gasteiger charge is 2.30. The van der Waals surface area contributed by atoms with E-state index in [0.717, 1.165) is 83.5 Å². The van der Waals surface area contributed by atoms with Gasteiger partial charge in [0.1, 0.15) is 19.3 Å². The number of amides is 1. The van der Waals surface area contributed by atoms with Crippen molar-refractivity contribution >= 4 is 19.7 Å². The van der Waals surface area contributed by atoms with E-state index in [0.29, 0.717) is 23.9 Å². The fourth-order valence-electron chi connectivity index (χ4n) is 8.02. The van der Waals surface area contributed by atoms with E-state index in [4.69, 9.17) is 13.8 Å². The molecule has 9 nitrogen and oxygen atoms in total. The van der Waals surface area contributed by atoms with Gasteiger partial charge in [-0.2, -0.15) is 0 Å². The summed E-state index contributed by atoms with van der Waals surface area (Å²) in [6.45, 7) is 6.96. The summed E-state index contributed by atoms with van der Waals surface area (Å²) in [7, 11) is 1.48. The van der Waals surface area contributed by atoms with Crippen molar-refractivity contribution in [2.75, 3.05) is 40.9 Å². The van der Waals surface area contributed by atoms with E-state index in [1.807, 2.05) is 33.3 Å². The minimum Gasteiger partial charge on any atom is -0.456 e. The van der Waals surface area contributed by atoms with Crippen molar-refractivity contribution in [1.82, 2.24) is 5.32 Å². The van der Waals surface area contributed by atoms with Crippen LogP contribution < -0.4 is 5.32 Å². The van der Waals surface area contributed by atoms with Gasteiger partial charge in [0.15, 0.2) is 0 Å². The molecular formula is C58H110N2O7P+. The zero-order valence-corrected chi connectivity index (χ0v) is 46.2. The van der Waals surface area contributed by atoms with Gasteiger partial charge >= 0.3 is 13.8 Å². The van der Waals surface area contributed by atoms with Gasteiger partial charge < -0.3 is 19.4 Å². The second-order valence-electron chi connectivity index (χ2n) is 20.5. The minimum absolute atomic E-state index is 0.0362. The van der Waals surface area contributed by atoms with E-state index >= 15 is 0 Å². The van der Waals surface area contributed by atoms with E-state index in [1.165, 1.54) is 135 Å². The molecule has 0 aliphatic rings. The first-order chi connectivity index (χ1) is 32.9. The normalized spacial score (nSPS) is 14.2. The lowest BCUT2D eigenvalue weighted by Crippen LogP contribution is -2.47. The van der Waals surface area contributed by atoms with Crippen LogP contribution >= 0.6 is 7.82 Å². The quantitative estimate of drug-likeness (QED) is 0.0205. The van der Waals surface area contributed by atoms with Gasteiger partial charge in [-0.05, 0) is 89.5 Å². The van der Waals surface area contributed by atoms with Gasteiger partial charge in [0.25, 0.3) is 0 Å². The molecule has 0 spiro atoms. The highest BCUT2D eigenvalue weighted by Crippen LogP contribution is 2.43. The number of hydrogen-bond donors (Lipinski definition) is 2. The van der Waals surface area contributed by atoms with Gasteiger partial charge in [-0.15, -0.1) is 0 Å². The zero-order chi connectivity index (χ0) is 50.1. The van der Waals surface area contributed by atoms with Crippen molar-refractivity contribution in [3.63, 3.8) is 0 Å². The molecule has 0 fully saturated rings. The molecule has 3 unspecified atom stereocenters. The number of esters is 1. The van der Waals surface area contributed by atoms with Crippen molar-refractivity contribution in [2.45, 2.75) is 270 Å². The van der Waals surface area contributed by atoms with Crippen LogP contribution in [0.2, 0.25) is 0 Å². The van der Waals surface area contributed by atoms with Crippen molar-refractivity contribution in [1.29, 1.82) is 0 Å². The number of hydrogen-bond acceptors (Lipinski definition) is 6. The van der Waals surface area contributed by atoms with Crippen LogP contribution in [0.25, 0.3) is 0 Å². The third-order valence-corrected chi connectivity index (χ3v) is 13.5. The van der Waals surface area contributed by atoms with Gasteiger partial charge in [0, 0.05) is 12.8 Å². The molecule has 0 rings (SSSR count). The third kappa shape index (κ3) is 49.0. The fourth-order valence-corrected chi connectivity index (χ4v) is 8.76. The van der Waals surface area contributed by atoms with Crippen molar-refractivity contribution in [2.24, 2.45) is 0 Å². The smallest absolute Gasteiger partial charge is 0.456 e. The number of quaternary nitrogens is 1. The van der Waals surface area contributed by atoms with Crippen LogP contribution in [-0.2, 0) is 27.9 Å². The number of likely N-dealkylation sites (N-methyl/N-ethyl adjacent to an activating group) is 1.